The van der Waals surface area contributed by atoms with Crippen LogP contribution in [0.3, 0.4) is 0 Å². The lowest BCUT2D eigenvalue weighted by molar-refractivity contribution is -0.377. The van der Waals surface area contributed by atoms with Crippen molar-refractivity contribution in [3.05, 3.63) is 39.8 Å². The van der Waals surface area contributed by atoms with Crippen LogP contribution in [-0.4, -0.2) is 69.0 Å². The van der Waals surface area contributed by atoms with Gasteiger partial charge in [-0.05, 0) is 33.6 Å². The minimum atomic E-state index is -6.43. The van der Waals surface area contributed by atoms with Crippen molar-refractivity contribution in [3.8, 4) is 10.4 Å². The molecule has 2 aromatic rings. The van der Waals surface area contributed by atoms with E-state index < -0.39 is 75.3 Å². The molecule has 1 atom stereocenters. The number of hydrogen-bond donors (Lipinski definition) is 3. The molecule has 1 aliphatic heterocycles. The van der Waals surface area contributed by atoms with E-state index in [2.05, 4.69) is 10.3 Å². The van der Waals surface area contributed by atoms with Crippen molar-refractivity contribution in [1.82, 2.24) is 15.2 Å². The van der Waals surface area contributed by atoms with Gasteiger partial charge in [-0.15, -0.1) is 11.3 Å². The number of hydrogen-bond acceptors (Lipinski definition) is 6. The van der Waals surface area contributed by atoms with Crippen LogP contribution in [0.4, 0.5) is 35.1 Å². The zero-order chi connectivity index (χ0) is 30.4. The largest absolute Gasteiger partial charge is 0.430 e. The van der Waals surface area contributed by atoms with Crippen molar-refractivity contribution >= 4 is 23.2 Å². The van der Waals surface area contributed by atoms with E-state index in [0.29, 0.717) is 30.2 Å². The second-order valence-corrected chi connectivity index (χ2v) is 11.0. The lowest BCUT2D eigenvalue weighted by atomic mass is 9.88. The van der Waals surface area contributed by atoms with Gasteiger partial charge in [0.15, 0.2) is 5.01 Å². The summed E-state index contributed by atoms with van der Waals surface area (Å²) >= 11 is 0.430. The summed E-state index contributed by atoms with van der Waals surface area (Å²) in [4.78, 5) is 31.0. The van der Waals surface area contributed by atoms with Crippen LogP contribution >= 0.6 is 11.3 Å². The monoisotopic (exact) mass is 603 g/mol. The Hall–Kier alpha value is -2.85. The average Bonchev–Trinajstić information content (AvgIpc) is 3.46. The van der Waals surface area contributed by atoms with Crippen LogP contribution in [0, 0.1) is 5.82 Å². The molecule has 1 fully saturated rings. The fraction of sp³-hybridized carbons (Fsp3) is 0.542. The highest BCUT2D eigenvalue weighted by molar-refractivity contribution is 7.17. The lowest BCUT2D eigenvalue weighted by Gasteiger charge is -2.33. The number of thiazole rings is 1. The van der Waals surface area contributed by atoms with E-state index in [1.807, 2.05) is 0 Å². The Labute approximate surface area is 226 Å². The van der Waals surface area contributed by atoms with Gasteiger partial charge in [0.25, 0.3) is 17.4 Å². The Balaban J connectivity index is 2.23. The van der Waals surface area contributed by atoms with Gasteiger partial charge in [0.1, 0.15) is 18.2 Å². The van der Waals surface area contributed by atoms with Crippen LogP contribution in [0.15, 0.2) is 12.1 Å². The molecule has 0 radical (unpaired) electrons. The molecule has 1 aliphatic rings. The zero-order valence-electron chi connectivity index (χ0n) is 21.3. The third-order valence-electron chi connectivity index (χ3n) is 6.35. The Morgan fingerprint density at radius 3 is 2.20 bits per heavy atom. The van der Waals surface area contributed by atoms with Crippen molar-refractivity contribution in [2.24, 2.45) is 0 Å². The van der Waals surface area contributed by atoms with Gasteiger partial charge in [-0.25, -0.2) is 13.8 Å². The summed E-state index contributed by atoms with van der Waals surface area (Å²) in [5.41, 5.74) is -11.7. The molecular weight excluding hydrogens is 578 g/mol. The number of amides is 2. The zero-order valence-corrected chi connectivity index (χ0v) is 22.1. The maximum absolute atomic E-state index is 15.3. The Bertz CT molecular complexity index is 1270. The number of nitrogens with zero attached hydrogens (tertiary/aromatic N) is 2. The van der Waals surface area contributed by atoms with E-state index in [4.69, 9.17) is 0 Å². The molecule has 0 spiro atoms. The molecule has 1 aromatic carbocycles. The predicted molar refractivity (Wildman–Crippen MR) is 127 cm³/mol. The van der Waals surface area contributed by atoms with Gasteiger partial charge >= 0.3 is 12.4 Å². The molecule has 7 nitrogen and oxygen atoms in total. The number of aromatic nitrogens is 1. The van der Waals surface area contributed by atoms with Crippen molar-refractivity contribution in [3.63, 3.8) is 0 Å². The molecule has 16 heteroatoms. The number of benzene rings is 1. The number of carbonyl (C=O) groups is 2. The number of halogens is 8. The maximum atomic E-state index is 15.3. The maximum Gasteiger partial charge on any atom is 0.430 e. The number of nitrogens with one attached hydrogen (secondary N) is 1. The highest BCUT2D eigenvalue weighted by Crippen LogP contribution is 2.52. The van der Waals surface area contributed by atoms with Gasteiger partial charge < -0.3 is 20.4 Å². The molecule has 0 saturated carbocycles. The van der Waals surface area contributed by atoms with E-state index >= 15 is 4.39 Å². The molecule has 2 amide bonds. The summed E-state index contributed by atoms with van der Waals surface area (Å²) in [6.07, 6.45) is -11.6. The first-order valence-electron chi connectivity index (χ1n) is 11.8. The van der Waals surface area contributed by atoms with Crippen LogP contribution in [0.5, 0.6) is 0 Å². The third-order valence-corrected chi connectivity index (χ3v) is 7.44. The van der Waals surface area contributed by atoms with Crippen molar-refractivity contribution < 1.29 is 54.9 Å². The van der Waals surface area contributed by atoms with Crippen LogP contribution in [0.2, 0.25) is 0 Å². The van der Waals surface area contributed by atoms with E-state index in [9.17, 15) is 50.5 Å². The summed E-state index contributed by atoms with van der Waals surface area (Å²) in [7, 11) is 0. The van der Waals surface area contributed by atoms with Crippen LogP contribution < -0.4 is 5.32 Å². The summed E-state index contributed by atoms with van der Waals surface area (Å²) in [6.45, 7) is 2.55. The molecule has 0 bridgehead atoms. The summed E-state index contributed by atoms with van der Waals surface area (Å²) in [6, 6.07) is 0.222. The molecule has 3 rings (SSSR count). The lowest BCUT2D eigenvalue weighted by Crippen LogP contribution is -2.54. The smallest absolute Gasteiger partial charge is 0.389 e. The summed E-state index contributed by atoms with van der Waals surface area (Å²) in [5, 5.41) is 21.5. The first-order valence-corrected chi connectivity index (χ1v) is 12.6. The Morgan fingerprint density at radius 2 is 1.73 bits per heavy atom. The predicted octanol–water partition coefficient (Wildman–Crippen LogP) is 4.86. The number of alkyl halides is 7. The molecule has 0 aliphatic carbocycles. The topological polar surface area (TPSA) is 103 Å². The fourth-order valence-electron chi connectivity index (χ4n) is 4.20. The second kappa shape index (κ2) is 10.9. The number of aliphatic hydroxyl groups is 2. The minimum Gasteiger partial charge on any atom is -0.389 e. The number of likely N-dealkylation sites (tertiary alicyclic amines) is 1. The van der Waals surface area contributed by atoms with Crippen molar-refractivity contribution in [2.75, 3.05) is 13.1 Å². The second-order valence-electron chi connectivity index (χ2n) is 9.97. The van der Waals surface area contributed by atoms with Crippen molar-refractivity contribution in [2.45, 2.75) is 69.9 Å². The van der Waals surface area contributed by atoms with Gasteiger partial charge in [0.2, 0.25) is 0 Å². The number of carbonyl (C=O) groups excluding carboxylic acids is 2. The van der Waals surface area contributed by atoms with Crippen molar-refractivity contribution in [1.29, 1.82) is 0 Å². The molecule has 222 valence electrons. The highest BCUT2D eigenvalue weighted by Gasteiger charge is 2.72. The molecule has 1 unspecified atom stereocenters. The first kappa shape index (κ1) is 31.7. The van der Waals surface area contributed by atoms with E-state index in [1.165, 1.54) is 18.7 Å². The highest BCUT2D eigenvalue weighted by atomic mass is 32.1. The van der Waals surface area contributed by atoms with E-state index in [1.54, 1.807) is 6.92 Å². The van der Waals surface area contributed by atoms with Crippen LogP contribution in [0.1, 0.15) is 65.0 Å². The molecule has 2 heterocycles. The van der Waals surface area contributed by atoms with Crippen LogP contribution in [-0.2, 0) is 12.3 Å². The van der Waals surface area contributed by atoms with E-state index in [0.717, 1.165) is 0 Å². The Kier molecular flexibility index (Phi) is 8.59. The minimum absolute atomic E-state index is 0.00525. The molecular formula is C24H25F8N3O4S. The Morgan fingerprint density at radius 1 is 1.12 bits per heavy atom. The molecule has 1 aromatic heterocycles. The normalized spacial score (nSPS) is 16.9. The van der Waals surface area contributed by atoms with Gasteiger partial charge in [-0.2, -0.15) is 26.3 Å². The summed E-state index contributed by atoms with van der Waals surface area (Å²) < 4.78 is 110. The van der Waals surface area contributed by atoms with Gasteiger partial charge in [0.05, 0.1) is 10.5 Å². The molecule has 1 saturated heterocycles. The first-order chi connectivity index (χ1) is 18.2. The van der Waals surface area contributed by atoms with Gasteiger partial charge in [0, 0.05) is 35.8 Å². The van der Waals surface area contributed by atoms with Gasteiger partial charge in [-0.1, -0.05) is 12.1 Å². The SMILES string of the molecule is CC1CCCN1C(=O)c1nc(C(=O)NCC(C)(C)O)sc1-c1ccc(C(O)(C(F)(F)F)C(F)(F)F)c(F)c1CF. The third kappa shape index (κ3) is 5.79. The molecule has 40 heavy (non-hydrogen) atoms. The molecule has 3 N–H and O–H groups in total. The van der Waals surface area contributed by atoms with E-state index in [-0.39, 0.29) is 30.1 Å². The standard InChI is InChI=1S/C24H25F8N3O4S/c1-11-5-4-8-35(11)20(37)16-17(40-19(34-16)18(36)33-10-21(2,3)38)12-6-7-14(15(26)13(12)9-25)22(39,23(27,28)29)24(30,31)32/h6-7,11,38-39H,4-5,8-10H2,1-3H3,(H,33,36). The quantitative estimate of drug-likeness (QED) is 0.393. The van der Waals surface area contributed by atoms with Gasteiger partial charge in [-0.3, -0.25) is 9.59 Å². The van der Waals surface area contributed by atoms with Crippen LogP contribution in [0.25, 0.3) is 10.4 Å². The fourth-order valence-corrected chi connectivity index (χ4v) is 5.22. The summed E-state index contributed by atoms with van der Waals surface area (Å²) in [5.74, 6) is -4.00. The average molecular weight is 604 g/mol. The number of rotatable bonds is 7.